The summed E-state index contributed by atoms with van der Waals surface area (Å²) in [5.74, 6) is 1.91. The molecule has 0 radical (unpaired) electrons. The van der Waals surface area contributed by atoms with Gasteiger partial charge in [-0.1, -0.05) is 54.5 Å². The third-order valence-corrected chi connectivity index (χ3v) is 6.12. The van der Waals surface area contributed by atoms with E-state index in [9.17, 15) is 19.6 Å². The van der Waals surface area contributed by atoms with Crippen LogP contribution in [0.1, 0.15) is 43.5 Å². The van der Waals surface area contributed by atoms with E-state index in [1.807, 2.05) is 36.4 Å². The number of amides is 3. The number of methoxy groups -OCH3 is 1. The molecule has 3 aromatic rings. The topological polar surface area (TPSA) is 121 Å². The Bertz CT molecular complexity index is 1470. The van der Waals surface area contributed by atoms with Crippen molar-refractivity contribution < 1.29 is 23.9 Å². The van der Waals surface area contributed by atoms with Crippen LogP contribution >= 0.6 is 0 Å². The van der Waals surface area contributed by atoms with Crippen molar-refractivity contribution in [2.45, 2.75) is 44.9 Å². The highest BCUT2D eigenvalue weighted by atomic mass is 16.6. The molecule has 3 aromatic carbocycles. The number of alkyl carbamates (subject to hydrolysis) is 1. The van der Waals surface area contributed by atoms with Crippen LogP contribution < -0.4 is 15.4 Å². The van der Waals surface area contributed by atoms with Crippen LogP contribution in [0.15, 0.2) is 78.9 Å². The first-order valence-electron chi connectivity index (χ1n) is 13.3. The van der Waals surface area contributed by atoms with Gasteiger partial charge in [-0.3, -0.25) is 9.59 Å². The Morgan fingerprint density at radius 3 is 2.21 bits per heavy atom. The minimum absolute atomic E-state index is 0.0877. The summed E-state index contributed by atoms with van der Waals surface area (Å²) in [6.45, 7) is 4.66. The Labute approximate surface area is 246 Å². The molecule has 0 aliphatic rings. The van der Waals surface area contributed by atoms with Crippen molar-refractivity contribution in [2.75, 3.05) is 19.0 Å². The summed E-state index contributed by atoms with van der Waals surface area (Å²) in [5.41, 5.74) is 1.12. The number of hydrogen-bond donors (Lipinski definition) is 2. The Morgan fingerprint density at radius 1 is 0.976 bits per heavy atom. The zero-order valence-corrected chi connectivity index (χ0v) is 24.1. The number of anilines is 1. The summed E-state index contributed by atoms with van der Waals surface area (Å²) < 4.78 is 10.6. The van der Waals surface area contributed by atoms with Gasteiger partial charge in [-0.05, 0) is 62.2 Å². The van der Waals surface area contributed by atoms with Crippen molar-refractivity contribution in [1.29, 1.82) is 5.26 Å². The number of ether oxygens (including phenoxy) is 2. The lowest BCUT2D eigenvalue weighted by molar-refractivity contribution is -0.140. The second kappa shape index (κ2) is 14.4. The standard InChI is InChI=1S/C33H34N4O5/c1-6-24-14-10-11-15-27(24)29(30(38)35-25-16-18-26(41-5)19-17-25)37(21-20-34)31(39)28(22-23-12-8-7-9-13-23)36-32(40)42-33(2,3)4/h1,7-19,28-29H,21-22H2,2-5H3,(H,35,38)(H,36,40). The van der Waals surface area contributed by atoms with Crippen LogP contribution in [0.5, 0.6) is 5.75 Å². The molecule has 0 aromatic heterocycles. The highest BCUT2D eigenvalue weighted by Gasteiger charge is 2.37. The second-order valence-electron chi connectivity index (χ2n) is 10.4. The molecule has 0 bridgehead atoms. The van der Waals surface area contributed by atoms with E-state index >= 15 is 0 Å². The summed E-state index contributed by atoms with van der Waals surface area (Å²) >= 11 is 0. The van der Waals surface area contributed by atoms with Crippen molar-refractivity contribution in [3.63, 3.8) is 0 Å². The summed E-state index contributed by atoms with van der Waals surface area (Å²) in [5, 5.41) is 15.3. The molecule has 216 valence electrons. The predicted octanol–water partition coefficient (Wildman–Crippen LogP) is 4.84. The van der Waals surface area contributed by atoms with Crippen LogP contribution in [0, 0.1) is 23.7 Å². The van der Waals surface area contributed by atoms with Crippen molar-refractivity contribution in [3.05, 3.63) is 95.6 Å². The smallest absolute Gasteiger partial charge is 0.408 e. The molecule has 2 unspecified atom stereocenters. The molecule has 3 amide bonds. The van der Waals surface area contributed by atoms with Gasteiger partial charge in [0.2, 0.25) is 5.91 Å². The number of carbonyl (C=O) groups is 3. The number of nitrogens with one attached hydrogen (secondary N) is 2. The summed E-state index contributed by atoms with van der Waals surface area (Å²) in [6, 6.07) is 22.0. The first-order valence-corrected chi connectivity index (χ1v) is 13.3. The molecule has 0 spiro atoms. The van der Waals surface area contributed by atoms with E-state index in [2.05, 4.69) is 16.6 Å². The summed E-state index contributed by atoms with van der Waals surface area (Å²) in [7, 11) is 1.53. The quantitative estimate of drug-likeness (QED) is 0.268. The Hall–Kier alpha value is -5.28. The van der Waals surface area contributed by atoms with Crippen LogP contribution in [0.25, 0.3) is 0 Å². The van der Waals surface area contributed by atoms with E-state index in [0.29, 0.717) is 22.6 Å². The fourth-order valence-electron chi connectivity index (χ4n) is 4.28. The highest BCUT2D eigenvalue weighted by Crippen LogP contribution is 2.28. The molecule has 0 aliphatic heterocycles. The first kappa shape index (κ1) is 31.3. The molecule has 0 aliphatic carbocycles. The zero-order valence-electron chi connectivity index (χ0n) is 24.1. The lowest BCUT2D eigenvalue weighted by atomic mass is 9.96. The lowest BCUT2D eigenvalue weighted by Gasteiger charge is -2.33. The van der Waals surface area contributed by atoms with Gasteiger partial charge >= 0.3 is 6.09 Å². The van der Waals surface area contributed by atoms with Gasteiger partial charge in [0.1, 0.15) is 30.0 Å². The van der Waals surface area contributed by atoms with Crippen molar-refractivity contribution in [1.82, 2.24) is 10.2 Å². The van der Waals surface area contributed by atoms with Gasteiger partial charge in [0.15, 0.2) is 0 Å². The van der Waals surface area contributed by atoms with Gasteiger partial charge < -0.3 is 25.0 Å². The second-order valence-corrected chi connectivity index (χ2v) is 10.4. The van der Waals surface area contributed by atoms with E-state index in [-0.39, 0.29) is 6.42 Å². The monoisotopic (exact) mass is 566 g/mol. The molecular formula is C33H34N4O5. The maximum atomic E-state index is 14.2. The number of hydrogen-bond acceptors (Lipinski definition) is 6. The molecule has 3 rings (SSSR count). The Morgan fingerprint density at radius 2 is 1.62 bits per heavy atom. The average molecular weight is 567 g/mol. The number of carbonyl (C=O) groups excluding carboxylic acids is 3. The number of terminal acetylenes is 1. The SMILES string of the molecule is C#Cc1ccccc1C(C(=O)Nc1ccc(OC)cc1)N(CC#N)C(=O)C(Cc1ccccc1)NC(=O)OC(C)(C)C. The van der Waals surface area contributed by atoms with E-state index < -0.39 is 42.1 Å². The summed E-state index contributed by atoms with van der Waals surface area (Å²) in [6.07, 6.45) is 5.05. The molecule has 0 heterocycles. The molecule has 0 saturated heterocycles. The number of benzene rings is 3. The van der Waals surface area contributed by atoms with Crippen LogP contribution in [0.3, 0.4) is 0 Å². The predicted molar refractivity (Wildman–Crippen MR) is 159 cm³/mol. The minimum atomic E-state index is -1.30. The van der Waals surface area contributed by atoms with Crippen molar-refractivity contribution in [2.24, 2.45) is 0 Å². The molecular weight excluding hydrogens is 532 g/mol. The lowest BCUT2D eigenvalue weighted by Crippen LogP contribution is -2.53. The van der Waals surface area contributed by atoms with Crippen LogP contribution in [-0.4, -0.2) is 48.1 Å². The largest absolute Gasteiger partial charge is 0.497 e. The first-order chi connectivity index (χ1) is 20.1. The van der Waals surface area contributed by atoms with Gasteiger partial charge in [0.25, 0.3) is 5.91 Å². The molecule has 0 saturated carbocycles. The van der Waals surface area contributed by atoms with E-state index in [4.69, 9.17) is 15.9 Å². The zero-order chi connectivity index (χ0) is 30.7. The maximum absolute atomic E-state index is 14.2. The Kier molecular flexibility index (Phi) is 10.7. The van der Waals surface area contributed by atoms with E-state index in [0.717, 1.165) is 10.5 Å². The van der Waals surface area contributed by atoms with Crippen LogP contribution in [0.4, 0.5) is 10.5 Å². The molecule has 42 heavy (non-hydrogen) atoms. The van der Waals surface area contributed by atoms with Gasteiger partial charge in [-0.2, -0.15) is 5.26 Å². The fraction of sp³-hybridized carbons (Fsp3) is 0.273. The number of nitrogens with zero attached hydrogens (tertiary/aromatic N) is 2. The third kappa shape index (κ3) is 8.61. The highest BCUT2D eigenvalue weighted by molar-refractivity contribution is 5.99. The average Bonchev–Trinajstić information content (AvgIpc) is 2.96. The normalized spacial score (nSPS) is 12.0. The molecule has 0 fully saturated rings. The van der Waals surface area contributed by atoms with E-state index in [1.165, 1.54) is 7.11 Å². The number of nitriles is 1. The van der Waals surface area contributed by atoms with Crippen molar-refractivity contribution >= 4 is 23.6 Å². The van der Waals surface area contributed by atoms with Gasteiger partial charge in [-0.15, -0.1) is 6.42 Å². The van der Waals surface area contributed by atoms with Gasteiger partial charge in [0, 0.05) is 17.7 Å². The van der Waals surface area contributed by atoms with Gasteiger partial charge in [0.05, 0.1) is 13.2 Å². The Balaban J connectivity index is 2.07. The van der Waals surface area contributed by atoms with Crippen LogP contribution in [0.2, 0.25) is 0 Å². The van der Waals surface area contributed by atoms with E-state index in [1.54, 1.807) is 69.3 Å². The third-order valence-electron chi connectivity index (χ3n) is 6.12. The molecule has 9 heteroatoms. The van der Waals surface area contributed by atoms with Crippen molar-refractivity contribution in [3.8, 4) is 24.2 Å². The maximum Gasteiger partial charge on any atom is 0.408 e. The summed E-state index contributed by atoms with van der Waals surface area (Å²) in [4.78, 5) is 42.1. The fourth-order valence-corrected chi connectivity index (χ4v) is 4.28. The molecule has 2 atom stereocenters. The molecule has 2 N–H and O–H groups in total. The minimum Gasteiger partial charge on any atom is -0.497 e. The van der Waals surface area contributed by atoms with Crippen LogP contribution in [-0.2, 0) is 20.7 Å². The number of rotatable bonds is 10. The molecule has 9 nitrogen and oxygen atoms in total. The van der Waals surface area contributed by atoms with Gasteiger partial charge in [-0.25, -0.2) is 4.79 Å².